The first-order valence-electron chi connectivity index (χ1n) is 6.20. The van der Waals surface area contributed by atoms with Crippen molar-refractivity contribution in [1.82, 2.24) is 4.90 Å². The molecular weight excluding hydrogens is 262 g/mol. The zero-order valence-electron chi connectivity index (χ0n) is 11.4. The smallest absolute Gasteiger partial charge is 0.254 e. The predicted octanol–water partition coefficient (Wildman–Crippen LogP) is 1.01. The monoisotopic (exact) mass is 279 g/mol. The fourth-order valence-corrected chi connectivity index (χ4v) is 1.89. The molecule has 0 saturated heterocycles. The maximum atomic E-state index is 12.5. The summed E-state index contributed by atoms with van der Waals surface area (Å²) in [6.45, 7) is 3.93. The molecule has 1 heterocycles. The number of hydrogen-bond acceptors (Lipinski definition) is 5. The van der Waals surface area contributed by atoms with Crippen LogP contribution >= 0.6 is 0 Å². The number of fused-ring (bicyclic) bond motifs is 1. The molecule has 0 aliphatic carbocycles. The third-order valence-electron chi connectivity index (χ3n) is 2.96. The van der Waals surface area contributed by atoms with Gasteiger partial charge in [-0.25, -0.2) is 0 Å². The van der Waals surface area contributed by atoms with Crippen LogP contribution < -0.4 is 15.2 Å². The Morgan fingerprint density at radius 1 is 1.45 bits per heavy atom. The van der Waals surface area contributed by atoms with Crippen LogP contribution in [0.4, 0.5) is 0 Å². The average Bonchev–Trinajstić information content (AvgIpc) is 2.90. The number of hydrogen-bond donors (Lipinski definition) is 2. The molecule has 0 atom stereocenters. The van der Waals surface area contributed by atoms with Crippen molar-refractivity contribution >= 4 is 11.7 Å². The van der Waals surface area contributed by atoms with Crippen molar-refractivity contribution in [2.45, 2.75) is 19.9 Å². The van der Waals surface area contributed by atoms with Crippen molar-refractivity contribution in [2.75, 3.05) is 13.3 Å². The van der Waals surface area contributed by atoms with Crippen LogP contribution in [-0.4, -0.2) is 41.2 Å². The van der Waals surface area contributed by atoms with Gasteiger partial charge in [0.1, 0.15) is 0 Å². The van der Waals surface area contributed by atoms with Gasteiger partial charge in [-0.05, 0) is 32.0 Å². The van der Waals surface area contributed by atoms with Gasteiger partial charge >= 0.3 is 0 Å². The second-order valence-electron chi connectivity index (χ2n) is 4.69. The van der Waals surface area contributed by atoms with E-state index < -0.39 is 0 Å². The van der Waals surface area contributed by atoms with Crippen LogP contribution in [0.2, 0.25) is 0 Å². The lowest BCUT2D eigenvalue weighted by Gasteiger charge is -2.26. The third kappa shape index (κ3) is 2.76. The highest BCUT2D eigenvalue weighted by molar-refractivity contribution is 5.97. The van der Waals surface area contributed by atoms with Gasteiger partial charge in [-0.3, -0.25) is 4.79 Å². The molecule has 7 nitrogen and oxygen atoms in total. The molecule has 2 rings (SSSR count). The van der Waals surface area contributed by atoms with Crippen LogP contribution in [0.15, 0.2) is 23.4 Å². The van der Waals surface area contributed by atoms with E-state index in [9.17, 15) is 4.79 Å². The molecule has 1 aliphatic rings. The summed E-state index contributed by atoms with van der Waals surface area (Å²) in [6.07, 6.45) is 0. The van der Waals surface area contributed by atoms with Gasteiger partial charge in [-0.1, -0.05) is 5.16 Å². The van der Waals surface area contributed by atoms with Gasteiger partial charge in [0.15, 0.2) is 17.3 Å². The first-order chi connectivity index (χ1) is 9.52. The van der Waals surface area contributed by atoms with E-state index in [0.29, 0.717) is 17.1 Å². The number of ether oxygens (including phenoxy) is 2. The molecule has 0 fully saturated rings. The van der Waals surface area contributed by atoms with Gasteiger partial charge in [0.25, 0.3) is 5.91 Å². The summed E-state index contributed by atoms with van der Waals surface area (Å²) < 4.78 is 10.5. The van der Waals surface area contributed by atoms with Crippen LogP contribution in [0.1, 0.15) is 24.2 Å². The molecule has 0 radical (unpaired) electrons. The van der Waals surface area contributed by atoms with E-state index in [1.807, 2.05) is 13.8 Å². The second kappa shape index (κ2) is 5.68. The topological polar surface area (TPSA) is 97.4 Å². The molecule has 7 heteroatoms. The summed E-state index contributed by atoms with van der Waals surface area (Å²) in [5, 5.41) is 11.5. The zero-order valence-corrected chi connectivity index (χ0v) is 11.4. The Hall–Kier alpha value is -2.44. The Morgan fingerprint density at radius 3 is 2.80 bits per heavy atom. The highest BCUT2D eigenvalue weighted by Crippen LogP contribution is 2.32. The first-order valence-corrected chi connectivity index (χ1v) is 6.20. The molecule has 0 unspecified atom stereocenters. The summed E-state index contributed by atoms with van der Waals surface area (Å²) in [5.41, 5.74) is 5.95. The number of amidine groups is 1. The Bertz CT molecular complexity index is 542. The van der Waals surface area contributed by atoms with E-state index in [1.165, 1.54) is 4.90 Å². The molecular formula is C13H17N3O4. The molecule has 1 aromatic rings. The normalized spacial score (nSPS) is 13.7. The zero-order chi connectivity index (χ0) is 14.7. The van der Waals surface area contributed by atoms with Crippen LogP contribution in [-0.2, 0) is 0 Å². The summed E-state index contributed by atoms with van der Waals surface area (Å²) in [4.78, 5) is 14.0. The van der Waals surface area contributed by atoms with Crippen molar-refractivity contribution in [2.24, 2.45) is 10.9 Å². The molecule has 108 valence electrons. The molecule has 0 saturated carbocycles. The van der Waals surface area contributed by atoms with Gasteiger partial charge in [0, 0.05) is 11.6 Å². The molecule has 3 N–H and O–H groups in total. The van der Waals surface area contributed by atoms with Crippen LogP contribution in [0.5, 0.6) is 11.5 Å². The molecule has 1 aromatic carbocycles. The SMILES string of the molecule is CC(C)N(CC(N)=NO)C(=O)c1ccc2c(c1)OCO2. The minimum Gasteiger partial charge on any atom is -0.454 e. The van der Waals surface area contributed by atoms with Crippen molar-refractivity contribution < 1.29 is 19.5 Å². The maximum Gasteiger partial charge on any atom is 0.254 e. The van der Waals surface area contributed by atoms with Gasteiger partial charge in [0.05, 0.1) is 6.54 Å². The van der Waals surface area contributed by atoms with E-state index in [-0.39, 0.29) is 31.1 Å². The largest absolute Gasteiger partial charge is 0.454 e. The number of amides is 1. The van der Waals surface area contributed by atoms with E-state index in [2.05, 4.69) is 5.16 Å². The molecule has 0 bridgehead atoms. The minimum atomic E-state index is -0.218. The Morgan fingerprint density at radius 2 is 2.15 bits per heavy atom. The van der Waals surface area contributed by atoms with Crippen molar-refractivity contribution in [3.63, 3.8) is 0 Å². The lowest BCUT2D eigenvalue weighted by molar-refractivity contribution is 0.0733. The predicted molar refractivity (Wildman–Crippen MR) is 72.1 cm³/mol. The highest BCUT2D eigenvalue weighted by Gasteiger charge is 2.22. The van der Waals surface area contributed by atoms with Gasteiger partial charge < -0.3 is 25.3 Å². The Kier molecular flexibility index (Phi) is 3.97. The van der Waals surface area contributed by atoms with Crippen molar-refractivity contribution in [1.29, 1.82) is 0 Å². The van der Waals surface area contributed by atoms with Crippen molar-refractivity contribution in [3.05, 3.63) is 23.8 Å². The minimum absolute atomic E-state index is 0.0206. The third-order valence-corrected chi connectivity index (χ3v) is 2.96. The van der Waals surface area contributed by atoms with Crippen LogP contribution in [0.3, 0.4) is 0 Å². The van der Waals surface area contributed by atoms with Crippen molar-refractivity contribution in [3.8, 4) is 11.5 Å². The maximum absolute atomic E-state index is 12.5. The van der Waals surface area contributed by atoms with Gasteiger partial charge in [-0.15, -0.1) is 0 Å². The van der Waals surface area contributed by atoms with Gasteiger partial charge in [0.2, 0.25) is 6.79 Å². The standard InChI is InChI=1S/C13H17N3O4/c1-8(2)16(6-12(14)15-18)13(17)9-3-4-10-11(5-9)20-7-19-10/h3-5,8,18H,6-7H2,1-2H3,(H2,14,15). The molecule has 20 heavy (non-hydrogen) atoms. The fraction of sp³-hybridized carbons (Fsp3) is 0.385. The first kappa shape index (κ1) is 14.0. The highest BCUT2D eigenvalue weighted by atomic mass is 16.7. The Labute approximate surface area is 116 Å². The van der Waals surface area contributed by atoms with E-state index in [1.54, 1.807) is 18.2 Å². The average molecular weight is 279 g/mol. The van der Waals surface area contributed by atoms with E-state index >= 15 is 0 Å². The molecule has 1 aliphatic heterocycles. The summed E-state index contributed by atoms with van der Waals surface area (Å²) in [5.74, 6) is 0.926. The number of nitrogens with zero attached hydrogens (tertiary/aromatic N) is 2. The van der Waals surface area contributed by atoms with E-state index in [0.717, 1.165) is 0 Å². The summed E-state index contributed by atoms with van der Waals surface area (Å²) in [7, 11) is 0. The number of carbonyl (C=O) groups excluding carboxylic acids is 1. The van der Waals surface area contributed by atoms with Crippen LogP contribution in [0, 0.1) is 0 Å². The number of benzene rings is 1. The summed E-state index contributed by atoms with van der Waals surface area (Å²) in [6, 6.07) is 4.90. The fourth-order valence-electron chi connectivity index (χ4n) is 1.89. The van der Waals surface area contributed by atoms with Crippen LogP contribution in [0.25, 0.3) is 0 Å². The lowest BCUT2D eigenvalue weighted by atomic mass is 10.1. The quantitative estimate of drug-likeness (QED) is 0.371. The summed E-state index contributed by atoms with van der Waals surface area (Å²) >= 11 is 0. The molecule has 0 aromatic heterocycles. The molecule has 1 amide bonds. The lowest BCUT2D eigenvalue weighted by Crippen LogP contribution is -2.42. The number of nitrogens with two attached hydrogens (primary N) is 1. The second-order valence-corrected chi connectivity index (χ2v) is 4.69. The number of oxime groups is 1. The molecule has 0 spiro atoms. The van der Waals surface area contributed by atoms with Gasteiger partial charge in [-0.2, -0.15) is 0 Å². The van der Waals surface area contributed by atoms with E-state index in [4.69, 9.17) is 20.4 Å². The number of carbonyl (C=O) groups is 1. The Balaban J connectivity index is 2.23. The number of rotatable bonds is 4.